The minimum Gasteiger partial charge on any atom is -0.314 e. The Bertz CT molecular complexity index is 4810. The van der Waals surface area contributed by atoms with Gasteiger partial charge in [-0.15, -0.1) is 0 Å². The van der Waals surface area contributed by atoms with E-state index >= 15 is 0 Å². The molecule has 2 aliphatic rings. The van der Waals surface area contributed by atoms with Crippen LogP contribution in [0.5, 0.6) is 0 Å². The van der Waals surface area contributed by atoms with E-state index in [4.69, 9.17) is 0 Å². The van der Waals surface area contributed by atoms with Crippen LogP contribution in [-0.2, 0) is 10.8 Å². The van der Waals surface area contributed by atoms with Gasteiger partial charge in [0.25, 0.3) is 0 Å². The van der Waals surface area contributed by atoms with Crippen LogP contribution in [0.25, 0.3) is 99.2 Å². The molecule has 2 aliphatic carbocycles. The molecule has 86 heavy (non-hydrogen) atoms. The second-order valence-electron chi connectivity index (χ2n) is 23.9. The van der Waals surface area contributed by atoms with E-state index in [2.05, 4.69) is 328 Å². The van der Waals surface area contributed by atoms with E-state index in [9.17, 15) is 0 Å². The summed E-state index contributed by atoms with van der Waals surface area (Å²) < 4.78 is 5.09. The highest BCUT2D eigenvalue weighted by Gasteiger charge is 2.48. The Balaban J connectivity index is 0.937. The van der Waals surface area contributed by atoms with Crippen molar-refractivity contribution >= 4 is 43.4 Å². The average Bonchev–Trinajstić information content (AvgIpc) is 1.64. The molecule has 2 heteroatoms. The normalized spacial score (nSPS) is 13.5. The SMILES string of the molecule is Cc1c(C)n(-c2ccc3c(c2)C(c2ccccc2)(c2ccccc2)c2ccccc2-3)c2cc3c(-c4ccccc4)c4cc5c(C)c(C)n(-c6ccc7c(c6)C(c6ccccc6)(c6ccccc6)c6ccccc6-7)c5cc4c(-c4ccccc4)c3cc12. The zero-order chi connectivity index (χ0) is 57.4. The molecule has 17 rings (SSSR count). The van der Waals surface area contributed by atoms with E-state index in [0.29, 0.717) is 0 Å². The van der Waals surface area contributed by atoms with Gasteiger partial charge in [-0.3, -0.25) is 0 Å². The largest absolute Gasteiger partial charge is 0.314 e. The van der Waals surface area contributed by atoms with Gasteiger partial charge < -0.3 is 9.13 Å². The van der Waals surface area contributed by atoms with Crippen LogP contribution >= 0.6 is 0 Å². The monoisotopic (exact) mass is 1100 g/mol. The highest BCUT2D eigenvalue weighted by molar-refractivity contribution is 6.25. The first-order chi connectivity index (χ1) is 42.3. The number of nitrogens with zero attached hydrogens (tertiary/aromatic N) is 2. The summed E-state index contributed by atoms with van der Waals surface area (Å²) in [7, 11) is 0. The lowest BCUT2D eigenvalue weighted by molar-refractivity contribution is 0.767. The molecule has 2 heterocycles. The highest BCUT2D eigenvalue weighted by atomic mass is 15.0. The lowest BCUT2D eigenvalue weighted by Crippen LogP contribution is -2.28. The molecule has 0 fully saturated rings. The topological polar surface area (TPSA) is 9.86 Å². The second-order valence-corrected chi connectivity index (χ2v) is 23.9. The number of aromatic nitrogens is 2. The molecule has 0 spiro atoms. The van der Waals surface area contributed by atoms with Crippen molar-refractivity contribution in [1.29, 1.82) is 0 Å². The molecular formula is C84H60N2. The van der Waals surface area contributed by atoms with Gasteiger partial charge in [-0.1, -0.05) is 243 Å². The fourth-order valence-electron chi connectivity index (χ4n) is 16.0. The van der Waals surface area contributed by atoms with Gasteiger partial charge >= 0.3 is 0 Å². The molecule has 0 atom stereocenters. The number of hydrogen-bond donors (Lipinski definition) is 0. The van der Waals surface area contributed by atoms with E-state index in [-0.39, 0.29) is 0 Å². The maximum absolute atomic E-state index is 2.55. The summed E-state index contributed by atoms with van der Waals surface area (Å²) in [6.45, 7) is 9.27. The summed E-state index contributed by atoms with van der Waals surface area (Å²) in [5.74, 6) is 0. The maximum atomic E-state index is 2.55. The van der Waals surface area contributed by atoms with Crippen LogP contribution in [-0.4, -0.2) is 9.13 Å². The Labute approximate surface area is 502 Å². The van der Waals surface area contributed by atoms with E-state index < -0.39 is 10.8 Å². The van der Waals surface area contributed by atoms with Crippen molar-refractivity contribution in [3.63, 3.8) is 0 Å². The second kappa shape index (κ2) is 19.0. The Morgan fingerprint density at radius 1 is 0.244 bits per heavy atom. The summed E-state index contributed by atoms with van der Waals surface area (Å²) in [5, 5.41) is 7.45. The van der Waals surface area contributed by atoms with Crippen LogP contribution in [0, 0.1) is 27.7 Å². The van der Waals surface area contributed by atoms with Crippen molar-refractivity contribution in [2.45, 2.75) is 38.5 Å². The van der Waals surface area contributed by atoms with E-state index in [1.165, 1.54) is 155 Å². The third kappa shape index (κ3) is 6.84. The van der Waals surface area contributed by atoms with Crippen LogP contribution in [0.2, 0.25) is 0 Å². The third-order valence-corrected chi connectivity index (χ3v) is 19.9. The van der Waals surface area contributed by atoms with Gasteiger partial charge in [0.15, 0.2) is 0 Å². The zero-order valence-corrected chi connectivity index (χ0v) is 48.6. The van der Waals surface area contributed by atoms with Gasteiger partial charge in [-0.2, -0.15) is 0 Å². The molecule has 0 aliphatic heterocycles. The van der Waals surface area contributed by atoms with Crippen molar-refractivity contribution in [3.8, 4) is 55.9 Å². The molecule has 0 bridgehead atoms. The molecule has 2 nitrogen and oxygen atoms in total. The summed E-state index contributed by atoms with van der Waals surface area (Å²) in [5.41, 5.74) is 29.0. The van der Waals surface area contributed by atoms with Crippen LogP contribution in [0.4, 0.5) is 0 Å². The Morgan fingerprint density at radius 3 is 0.884 bits per heavy atom. The molecule has 0 saturated carbocycles. The number of fused-ring (bicyclic) bond motifs is 10. The average molecular weight is 1100 g/mol. The van der Waals surface area contributed by atoms with Gasteiger partial charge in [-0.05, 0) is 198 Å². The highest BCUT2D eigenvalue weighted by Crippen LogP contribution is 2.59. The molecule has 0 radical (unpaired) electrons. The Morgan fingerprint density at radius 2 is 0.535 bits per heavy atom. The lowest BCUT2D eigenvalue weighted by Gasteiger charge is -2.34. The molecule has 0 saturated heterocycles. The molecular weight excluding hydrogens is 1040 g/mol. The molecule has 15 aromatic rings. The molecule has 0 unspecified atom stereocenters. The van der Waals surface area contributed by atoms with Crippen molar-refractivity contribution in [3.05, 3.63) is 358 Å². The van der Waals surface area contributed by atoms with Crippen LogP contribution < -0.4 is 0 Å². The van der Waals surface area contributed by atoms with Gasteiger partial charge in [0.1, 0.15) is 0 Å². The summed E-state index contributed by atoms with van der Waals surface area (Å²) >= 11 is 0. The van der Waals surface area contributed by atoms with E-state index in [0.717, 1.165) is 11.4 Å². The minimum absolute atomic E-state index is 0.519. The van der Waals surface area contributed by atoms with Crippen molar-refractivity contribution in [1.82, 2.24) is 9.13 Å². The third-order valence-electron chi connectivity index (χ3n) is 19.9. The predicted octanol–water partition coefficient (Wildman–Crippen LogP) is 21.2. The molecule has 0 N–H and O–H groups in total. The van der Waals surface area contributed by atoms with Crippen molar-refractivity contribution in [2.24, 2.45) is 0 Å². The fourth-order valence-corrected chi connectivity index (χ4v) is 16.0. The molecule has 13 aromatic carbocycles. The van der Waals surface area contributed by atoms with Crippen LogP contribution in [0.3, 0.4) is 0 Å². The molecule has 2 aromatic heterocycles. The van der Waals surface area contributed by atoms with Gasteiger partial charge in [0.05, 0.1) is 21.9 Å². The standard InChI is InChI=1S/C84H60N2/c1-53-55(3)85(63-43-45-67-65-39-23-25-41-75(65)83(77(67)47-63,59-31-15-7-16-32-59)60-33-17-8-18-34-60)79-51-73-71(49-69(53)79)81(57-27-11-5-12-28-57)74-52-80-70(50-72(74)82(73)58-29-13-6-14-30-58)54(2)56(4)86(80)64-44-46-68-66-40-24-26-42-76(66)84(78(68)48-64,61-35-19-9-20-36-61)62-37-21-10-22-38-62/h5-52H,1-4H3. The first-order valence-corrected chi connectivity index (χ1v) is 30.2. The van der Waals surface area contributed by atoms with Gasteiger partial charge in [-0.25, -0.2) is 0 Å². The number of benzene rings is 13. The van der Waals surface area contributed by atoms with E-state index in [1.54, 1.807) is 0 Å². The van der Waals surface area contributed by atoms with Crippen molar-refractivity contribution < 1.29 is 0 Å². The van der Waals surface area contributed by atoms with Gasteiger partial charge in [0, 0.05) is 33.5 Å². The summed E-state index contributed by atoms with van der Waals surface area (Å²) in [4.78, 5) is 0. The Hall–Kier alpha value is -10.5. The number of aryl methyl sites for hydroxylation is 2. The summed E-state index contributed by atoms with van der Waals surface area (Å²) in [6, 6.07) is 110. The first-order valence-electron chi connectivity index (χ1n) is 30.2. The number of rotatable bonds is 8. The fraction of sp³-hybridized carbons (Fsp3) is 0.0714. The minimum atomic E-state index is -0.519. The van der Waals surface area contributed by atoms with E-state index in [1.807, 2.05) is 0 Å². The van der Waals surface area contributed by atoms with Crippen molar-refractivity contribution in [2.75, 3.05) is 0 Å². The maximum Gasteiger partial charge on any atom is 0.0714 e. The predicted molar refractivity (Wildman–Crippen MR) is 360 cm³/mol. The lowest BCUT2D eigenvalue weighted by atomic mass is 9.67. The number of hydrogen-bond acceptors (Lipinski definition) is 0. The molecule has 406 valence electrons. The smallest absolute Gasteiger partial charge is 0.0714 e. The first kappa shape index (κ1) is 50.0. The quantitative estimate of drug-likeness (QED) is 0.134. The zero-order valence-electron chi connectivity index (χ0n) is 48.6. The van der Waals surface area contributed by atoms with Gasteiger partial charge in [0.2, 0.25) is 0 Å². The molecule has 0 amide bonds. The van der Waals surface area contributed by atoms with Crippen LogP contribution in [0.1, 0.15) is 67.0 Å². The Kier molecular flexibility index (Phi) is 11.0. The van der Waals surface area contributed by atoms with Crippen LogP contribution in [0.15, 0.2) is 291 Å². The summed E-state index contributed by atoms with van der Waals surface area (Å²) in [6.07, 6.45) is 0.